The molecule has 0 saturated heterocycles. The van der Waals surface area contributed by atoms with Crippen molar-refractivity contribution in [2.24, 2.45) is 0 Å². The molecule has 1 aromatic rings. The Balaban J connectivity index is 2.29. The third-order valence-corrected chi connectivity index (χ3v) is 2.15. The van der Waals surface area contributed by atoms with Gasteiger partial charge in [-0.05, 0) is 19.4 Å². The van der Waals surface area contributed by atoms with Gasteiger partial charge in [-0.2, -0.15) is 5.10 Å². The molecule has 0 aliphatic rings. The van der Waals surface area contributed by atoms with E-state index in [9.17, 15) is 0 Å². The van der Waals surface area contributed by atoms with Crippen molar-refractivity contribution < 1.29 is 0 Å². The summed E-state index contributed by atoms with van der Waals surface area (Å²) in [5, 5.41) is 7.63. The molecule has 1 heterocycles. The minimum Gasteiger partial charge on any atom is -0.310 e. The van der Waals surface area contributed by atoms with Gasteiger partial charge in [0.1, 0.15) is 0 Å². The molecular weight excluding hydrogens is 186 g/mol. The van der Waals surface area contributed by atoms with Crippen molar-refractivity contribution in [1.29, 1.82) is 0 Å². The van der Waals surface area contributed by atoms with E-state index in [0.717, 1.165) is 32.5 Å². The zero-order valence-corrected chi connectivity index (χ0v) is 9.58. The van der Waals surface area contributed by atoms with E-state index < -0.39 is 0 Å². The second-order valence-corrected chi connectivity index (χ2v) is 3.40. The van der Waals surface area contributed by atoms with Gasteiger partial charge in [-0.3, -0.25) is 4.68 Å². The second kappa shape index (κ2) is 7.08. The van der Waals surface area contributed by atoms with Crippen LogP contribution in [0.5, 0.6) is 0 Å². The monoisotopic (exact) mass is 205 g/mol. The molecule has 0 aromatic carbocycles. The predicted molar refractivity (Wildman–Crippen MR) is 62.3 cm³/mol. The zero-order chi connectivity index (χ0) is 10.9. The summed E-state index contributed by atoms with van der Waals surface area (Å²) in [7, 11) is 0. The van der Waals surface area contributed by atoms with Crippen LogP contribution in [-0.4, -0.2) is 16.3 Å². The maximum atomic E-state index is 4.27. The average Bonchev–Trinajstić information content (AvgIpc) is 2.66. The molecule has 3 nitrogen and oxygen atoms in total. The molecule has 0 aliphatic heterocycles. The summed E-state index contributed by atoms with van der Waals surface area (Å²) in [6.45, 7) is 6.86. The molecular formula is C12H19N3. The fourth-order valence-corrected chi connectivity index (χ4v) is 1.42. The fraction of sp³-hybridized carbons (Fsp3) is 0.583. The Hall–Kier alpha value is -1.27. The molecule has 1 N–H and O–H groups in total. The van der Waals surface area contributed by atoms with Crippen molar-refractivity contribution in [3.05, 3.63) is 18.0 Å². The highest BCUT2D eigenvalue weighted by Gasteiger charge is 1.99. The van der Waals surface area contributed by atoms with Gasteiger partial charge < -0.3 is 5.32 Å². The van der Waals surface area contributed by atoms with E-state index in [-0.39, 0.29) is 0 Å². The first kappa shape index (κ1) is 11.8. The fourth-order valence-electron chi connectivity index (χ4n) is 1.42. The molecule has 15 heavy (non-hydrogen) atoms. The summed E-state index contributed by atoms with van der Waals surface area (Å²) in [6, 6.07) is 2.06. The average molecular weight is 205 g/mol. The standard InChI is InChI=1S/C12H19N3/c1-3-5-6-8-13-11-12-7-9-14-15(12)10-4-2/h7,9,13H,4,6,8,10-11H2,1-2H3. The molecule has 0 atom stereocenters. The number of hydrogen-bond acceptors (Lipinski definition) is 2. The van der Waals surface area contributed by atoms with Crippen LogP contribution < -0.4 is 5.32 Å². The maximum Gasteiger partial charge on any atom is 0.0522 e. The summed E-state index contributed by atoms with van der Waals surface area (Å²) < 4.78 is 2.05. The van der Waals surface area contributed by atoms with Crippen molar-refractivity contribution in [3.63, 3.8) is 0 Å². The predicted octanol–water partition coefficient (Wildman–Crippen LogP) is 1.80. The van der Waals surface area contributed by atoms with Crippen LogP contribution in [0, 0.1) is 11.8 Å². The van der Waals surface area contributed by atoms with E-state index in [1.165, 1.54) is 5.69 Å². The van der Waals surface area contributed by atoms with Crippen LogP contribution in [0.4, 0.5) is 0 Å². The van der Waals surface area contributed by atoms with Crippen LogP contribution in [0.25, 0.3) is 0 Å². The summed E-state index contributed by atoms with van der Waals surface area (Å²) in [5.74, 6) is 5.92. The first-order valence-electron chi connectivity index (χ1n) is 5.49. The van der Waals surface area contributed by atoms with Crippen molar-refractivity contribution in [2.75, 3.05) is 6.54 Å². The van der Waals surface area contributed by atoms with Gasteiger partial charge in [-0.15, -0.1) is 11.8 Å². The molecule has 0 unspecified atom stereocenters. The lowest BCUT2D eigenvalue weighted by atomic mass is 10.3. The lowest BCUT2D eigenvalue weighted by Gasteiger charge is -2.06. The van der Waals surface area contributed by atoms with Gasteiger partial charge in [0.2, 0.25) is 0 Å². The van der Waals surface area contributed by atoms with Crippen LogP contribution in [0.15, 0.2) is 12.3 Å². The molecule has 0 fully saturated rings. The van der Waals surface area contributed by atoms with Gasteiger partial charge >= 0.3 is 0 Å². The summed E-state index contributed by atoms with van der Waals surface area (Å²) in [5.41, 5.74) is 1.25. The van der Waals surface area contributed by atoms with E-state index in [4.69, 9.17) is 0 Å². The van der Waals surface area contributed by atoms with Gasteiger partial charge in [-0.25, -0.2) is 0 Å². The number of hydrogen-bond donors (Lipinski definition) is 1. The Labute approximate surface area is 91.9 Å². The zero-order valence-electron chi connectivity index (χ0n) is 9.58. The third kappa shape index (κ3) is 4.18. The Morgan fingerprint density at radius 1 is 1.53 bits per heavy atom. The molecule has 0 saturated carbocycles. The topological polar surface area (TPSA) is 29.9 Å². The largest absolute Gasteiger partial charge is 0.310 e. The van der Waals surface area contributed by atoms with E-state index in [0.29, 0.717) is 0 Å². The first-order chi connectivity index (χ1) is 7.38. The van der Waals surface area contributed by atoms with Crippen LogP contribution in [-0.2, 0) is 13.1 Å². The smallest absolute Gasteiger partial charge is 0.0522 e. The molecule has 0 bridgehead atoms. The van der Waals surface area contributed by atoms with Gasteiger partial charge in [0.05, 0.1) is 5.69 Å². The number of nitrogens with zero attached hydrogens (tertiary/aromatic N) is 2. The highest BCUT2D eigenvalue weighted by molar-refractivity contribution is 5.00. The number of aryl methyl sites for hydroxylation is 1. The van der Waals surface area contributed by atoms with Crippen LogP contribution in [0.1, 0.15) is 32.4 Å². The third-order valence-electron chi connectivity index (χ3n) is 2.15. The second-order valence-electron chi connectivity index (χ2n) is 3.40. The molecule has 3 heteroatoms. The van der Waals surface area contributed by atoms with Crippen molar-refractivity contribution in [3.8, 4) is 11.8 Å². The number of rotatable bonds is 6. The number of aromatic nitrogens is 2. The molecule has 0 aliphatic carbocycles. The maximum absolute atomic E-state index is 4.27. The first-order valence-corrected chi connectivity index (χ1v) is 5.49. The van der Waals surface area contributed by atoms with Gasteiger partial charge in [0.15, 0.2) is 0 Å². The van der Waals surface area contributed by atoms with Gasteiger partial charge in [0.25, 0.3) is 0 Å². The van der Waals surface area contributed by atoms with E-state index >= 15 is 0 Å². The Bertz CT molecular complexity index is 330. The summed E-state index contributed by atoms with van der Waals surface area (Å²) in [6.07, 6.45) is 3.90. The summed E-state index contributed by atoms with van der Waals surface area (Å²) >= 11 is 0. The van der Waals surface area contributed by atoms with Crippen LogP contribution in [0.2, 0.25) is 0 Å². The van der Waals surface area contributed by atoms with Crippen molar-refractivity contribution in [1.82, 2.24) is 15.1 Å². The van der Waals surface area contributed by atoms with Crippen LogP contribution >= 0.6 is 0 Å². The molecule has 0 radical (unpaired) electrons. The number of nitrogens with one attached hydrogen (secondary N) is 1. The van der Waals surface area contributed by atoms with Crippen LogP contribution in [0.3, 0.4) is 0 Å². The normalized spacial score (nSPS) is 9.73. The van der Waals surface area contributed by atoms with E-state index in [1.54, 1.807) is 0 Å². The van der Waals surface area contributed by atoms with Gasteiger partial charge in [0, 0.05) is 32.3 Å². The SMILES string of the molecule is CC#CCCNCc1ccnn1CCC. The Morgan fingerprint density at radius 3 is 3.13 bits per heavy atom. The van der Waals surface area contributed by atoms with Gasteiger partial charge in [-0.1, -0.05) is 6.92 Å². The molecule has 0 amide bonds. The molecule has 1 rings (SSSR count). The lowest BCUT2D eigenvalue weighted by molar-refractivity contribution is 0.552. The Kier molecular flexibility index (Phi) is 5.57. The molecule has 82 valence electrons. The molecule has 1 aromatic heterocycles. The minimum absolute atomic E-state index is 0.880. The minimum atomic E-state index is 0.880. The highest BCUT2D eigenvalue weighted by Crippen LogP contribution is 1.99. The van der Waals surface area contributed by atoms with Crippen molar-refractivity contribution >= 4 is 0 Å². The van der Waals surface area contributed by atoms with E-state index in [1.807, 2.05) is 13.1 Å². The highest BCUT2D eigenvalue weighted by atomic mass is 15.3. The molecule has 0 spiro atoms. The lowest BCUT2D eigenvalue weighted by Crippen LogP contribution is -2.17. The van der Waals surface area contributed by atoms with E-state index in [2.05, 4.69) is 39.9 Å². The van der Waals surface area contributed by atoms with Crippen molar-refractivity contribution in [2.45, 2.75) is 39.8 Å². The Morgan fingerprint density at radius 2 is 2.40 bits per heavy atom. The summed E-state index contributed by atoms with van der Waals surface area (Å²) in [4.78, 5) is 0. The quantitative estimate of drug-likeness (QED) is 0.567.